The van der Waals surface area contributed by atoms with Crippen LogP contribution in [0.3, 0.4) is 0 Å². The number of hydrogen-bond acceptors (Lipinski definition) is 3. The fraction of sp³-hybridized carbons (Fsp3) is 0.520. The van der Waals surface area contributed by atoms with Gasteiger partial charge in [-0.25, -0.2) is 0 Å². The van der Waals surface area contributed by atoms with Crippen LogP contribution < -0.4 is 0 Å². The average Bonchev–Trinajstić information content (AvgIpc) is 3.24. The predicted octanol–water partition coefficient (Wildman–Crippen LogP) is 5.24. The maximum Gasteiger partial charge on any atom is 0.242 e. The Bertz CT molecular complexity index is 811. The Kier molecular flexibility index (Phi) is 7.21. The van der Waals surface area contributed by atoms with Gasteiger partial charge in [0.1, 0.15) is 6.54 Å². The molecule has 2 aliphatic rings. The molecule has 2 amide bonds. The van der Waals surface area contributed by atoms with Crippen LogP contribution in [0.2, 0.25) is 0 Å². The average molecular weight is 425 g/mol. The van der Waals surface area contributed by atoms with Gasteiger partial charge in [-0.3, -0.25) is 9.59 Å². The second kappa shape index (κ2) is 10.3. The van der Waals surface area contributed by atoms with Gasteiger partial charge >= 0.3 is 0 Å². The summed E-state index contributed by atoms with van der Waals surface area (Å²) in [6, 6.07) is 14.5. The van der Waals surface area contributed by atoms with E-state index >= 15 is 0 Å². The van der Waals surface area contributed by atoms with Crippen LogP contribution in [0.4, 0.5) is 0 Å². The lowest BCUT2D eigenvalue weighted by atomic mass is 9.83. The van der Waals surface area contributed by atoms with E-state index in [1.807, 2.05) is 34.1 Å². The second-order valence-corrected chi connectivity index (χ2v) is 9.73. The van der Waals surface area contributed by atoms with Crippen LogP contribution in [0, 0.1) is 5.92 Å². The highest BCUT2D eigenvalue weighted by Gasteiger charge is 2.35. The lowest BCUT2D eigenvalue weighted by Gasteiger charge is -2.39. The molecule has 2 fully saturated rings. The van der Waals surface area contributed by atoms with Gasteiger partial charge in [0.05, 0.1) is 6.54 Å². The second-order valence-electron chi connectivity index (χ2n) is 8.70. The van der Waals surface area contributed by atoms with E-state index in [0.717, 1.165) is 50.5 Å². The molecule has 0 bridgehead atoms. The zero-order valence-electron chi connectivity index (χ0n) is 17.7. The molecule has 0 aliphatic heterocycles. The Hall–Kier alpha value is -2.14. The normalized spacial score (nSPS) is 17.3. The van der Waals surface area contributed by atoms with Gasteiger partial charge in [0.25, 0.3) is 0 Å². The van der Waals surface area contributed by atoms with Crippen LogP contribution in [-0.4, -0.2) is 34.2 Å². The summed E-state index contributed by atoms with van der Waals surface area (Å²) in [4.78, 5) is 31.8. The van der Waals surface area contributed by atoms with E-state index in [2.05, 4.69) is 23.6 Å². The van der Waals surface area contributed by atoms with Crippen LogP contribution in [0.25, 0.3) is 0 Å². The van der Waals surface area contributed by atoms with Gasteiger partial charge < -0.3 is 9.80 Å². The van der Waals surface area contributed by atoms with Crippen molar-refractivity contribution in [1.82, 2.24) is 9.80 Å². The number of rotatable bonds is 8. The molecule has 160 valence electrons. The highest BCUT2D eigenvalue weighted by Crippen LogP contribution is 2.31. The van der Waals surface area contributed by atoms with Crippen molar-refractivity contribution >= 4 is 23.2 Å². The highest BCUT2D eigenvalue weighted by molar-refractivity contribution is 7.09. The largest absolute Gasteiger partial charge is 0.332 e. The van der Waals surface area contributed by atoms with Crippen LogP contribution in [-0.2, 0) is 22.7 Å². The molecule has 2 aliphatic carbocycles. The molecule has 5 heteroatoms. The van der Waals surface area contributed by atoms with Crippen molar-refractivity contribution in [2.45, 2.75) is 70.5 Å². The number of carbonyl (C=O) groups is 2. The highest BCUT2D eigenvalue weighted by atomic mass is 32.1. The van der Waals surface area contributed by atoms with Crippen molar-refractivity contribution < 1.29 is 9.59 Å². The Labute approximate surface area is 183 Å². The Morgan fingerprint density at radius 3 is 2.27 bits per heavy atom. The van der Waals surface area contributed by atoms with E-state index in [1.165, 1.54) is 11.3 Å². The van der Waals surface area contributed by atoms with Gasteiger partial charge in [-0.15, -0.1) is 11.3 Å². The first-order valence-electron chi connectivity index (χ1n) is 11.4. The van der Waals surface area contributed by atoms with E-state index in [9.17, 15) is 9.59 Å². The molecule has 2 aromatic rings. The minimum absolute atomic E-state index is 0.0606. The monoisotopic (exact) mass is 424 g/mol. The number of hydrogen-bond donors (Lipinski definition) is 0. The summed E-state index contributed by atoms with van der Waals surface area (Å²) in [7, 11) is 0. The zero-order chi connectivity index (χ0) is 20.8. The maximum absolute atomic E-state index is 13.5. The van der Waals surface area contributed by atoms with Gasteiger partial charge in [0, 0.05) is 23.4 Å². The summed E-state index contributed by atoms with van der Waals surface area (Å²) in [5.74, 6) is 0.419. The van der Waals surface area contributed by atoms with Gasteiger partial charge in [-0.2, -0.15) is 0 Å². The van der Waals surface area contributed by atoms with Crippen molar-refractivity contribution in [1.29, 1.82) is 0 Å². The standard InChI is InChI=1S/C25H32N2O2S/c28-24(19-27(22-13-5-2-6-14-22)25(29)21-11-7-12-21)26(18-23-15-8-16-30-23)17-20-9-3-1-4-10-20/h1,3-4,8-10,15-16,21-22H,2,5-7,11-14,17-19H2. The predicted molar refractivity (Wildman–Crippen MR) is 121 cm³/mol. The number of amides is 2. The first kappa shape index (κ1) is 21.1. The third-order valence-electron chi connectivity index (χ3n) is 6.55. The molecular weight excluding hydrogens is 392 g/mol. The quantitative estimate of drug-likeness (QED) is 0.581. The molecule has 1 aromatic heterocycles. The Balaban J connectivity index is 1.50. The third-order valence-corrected chi connectivity index (χ3v) is 7.42. The summed E-state index contributed by atoms with van der Waals surface area (Å²) in [5.41, 5.74) is 1.12. The minimum atomic E-state index is 0.0606. The third kappa shape index (κ3) is 5.31. The first-order valence-corrected chi connectivity index (χ1v) is 12.2. The SMILES string of the molecule is O=C(CN(C(=O)C1CCC1)C1CCCCC1)N(Cc1ccccc1)Cc1cccs1. The van der Waals surface area contributed by atoms with Crippen molar-refractivity contribution in [3.63, 3.8) is 0 Å². The lowest BCUT2D eigenvalue weighted by molar-refractivity contribution is -0.148. The molecule has 0 radical (unpaired) electrons. The molecule has 0 spiro atoms. The molecular formula is C25H32N2O2S. The van der Waals surface area contributed by atoms with E-state index in [-0.39, 0.29) is 30.3 Å². The molecule has 0 N–H and O–H groups in total. The summed E-state index contributed by atoms with van der Waals surface area (Å²) >= 11 is 1.68. The Morgan fingerprint density at radius 1 is 0.867 bits per heavy atom. The smallest absolute Gasteiger partial charge is 0.242 e. The lowest BCUT2D eigenvalue weighted by Crippen LogP contribution is -2.50. The molecule has 0 unspecified atom stereocenters. The van der Waals surface area contributed by atoms with Crippen molar-refractivity contribution in [3.05, 3.63) is 58.3 Å². The van der Waals surface area contributed by atoms with E-state index in [0.29, 0.717) is 13.1 Å². The first-order chi connectivity index (χ1) is 14.7. The van der Waals surface area contributed by atoms with Crippen molar-refractivity contribution in [3.8, 4) is 0 Å². The minimum Gasteiger partial charge on any atom is -0.332 e. The van der Waals surface area contributed by atoms with E-state index in [4.69, 9.17) is 0 Å². The van der Waals surface area contributed by atoms with Crippen LogP contribution in [0.15, 0.2) is 47.8 Å². The number of nitrogens with zero attached hydrogens (tertiary/aromatic N) is 2. The maximum atomic E-state index is 13.5. The van der Waals surface area contributed by atoms with Gasteiger partial charge in [0.15, 0.2) is 0 Å². The fourth-order valence-corrected chi connectivity index (χ4v) is 5.26. The van der Waals surface area contributed by atoms with E-state index < -0.39 is 0 Å². The summed E-state index contributed by atoms with van der Waals surface area (Å²) < 4.78 is 0. The molecule has 30 heavy (non-hydrogen) atoms. The number of benzene rings is 1. The summed E-state index contributed by atoms with van der Waals surface area (Å²) in [5, 5.41) is 2.05. The van der Waals surface area contributed by atoms with Crippen LogP contribution in [0.5, 0.6) is 0 Å². The topological polar surface area (TPSA) is 40.6 Å². The van der Waals surface area contributed by atoms with Crippen molar-refractivity contribution in [2.75, 3.05) is 6.54 Å². The van der Waals surface area contributed by atoms with Crippen LogP contribution >= 0.6 is 11.3 Å². The zero-order valence-corrected chi connectivity index (χ0v) is 18.5. The molecule has 0 atom stereocenters. The molecule has 0 saturated heterocycles. The van der Waals surface area contributed by atoms with Gasteiger partial charge in [-0.1, -0.05) is 62.1 Å². The summed E-state index contributed by atoms with van der Waals surface area (Å²) in [6.45, 7) is 1.40. The van der Waals surface area contributed by atoms with Gasteiger partial charge in [-0.05, 0) is 42.7 Å². The fourth-order valence-electron chi connectivity index (χ4n) is 4.54. The summed E-state index contributed by atoms with van der Waals surface area (Å²) in [6.07, 6.45) is 8.76. The van der Waals surface area contributed by atoms with E-state index in [1.54, 1.807) is 11.3 Å². The number of carbonyl (C=O) groups excluding carboxylic acids is 2. The molecule has 4 nitrogen and oxygen atoms in total. The molecule has 1 aromatic carbocycles. The Morgan fingerprint density at radius 2 is 1.63 bits per heavy atom. The molecule has 2 saturated carbocycles. The molecule has 1 heterocycles. The molecule has 4 rings (SSSR count). The van der Waals surface area contributed by atoms with Crippen molar-refractivity contribution in [2.24, 2.45) is 5.92 Å². The van der Waals surface area contributed by atoms with Crippen LogP contribution in [0.1, 0.15) is 61.8 Å². The van der Waals surface area contributed by atoms with Gasteiger partial charge in [0.2, 0.25) is 11.8 Å². The number of thiophene rings is 1.